The SMILES string of the molecule is CC/C=C\C/C=C\C/C=C\CCCCCCCCOCC(COC1OC(CO)C(O)C(O)C1O)OC(=O)CCCCCCC. The smallest absolute Gasteiger partial charge is 0.306 e. The van der Waals surface area contributed by atoms with Crippen LogP contribution in [0.5, 0.6) is 0 Å². The van der Waals surface area contributed by atoms with Crippen LogP contribution in [-0.2, 0) is 23.7 Å². The number of aliphatic hydroxyl groups excluding tert-OH is 4. The van der Waals surface area contributed by atoms with Crippen LogP contribution in [-0.4, -0.2) is 89.6 Å². The van der Waals surface area contributed by atoms with Crippen LogP contribution in [0.4, 0.5) is 0 Å². The van der Waals surface area contributed by atoms with Crippen LogP contribution in [0.25, 0.3) is 0 Å². The first-order chi connectivity index (χ1) is 21.4. The molecule has 1 aliphatic heterocycles. The van der Waals surface area contributed by atoms with Crippen molar-refractivity contribution in [3.8, 4) is 0 Å². The molecule has 0 spiro atoms. The van der Waals surface area contributed by atoms with Crippen molar-refractivity contribution in [1.29, 1.82) is 0 Å². The molecule has 1 fully saturated rings. The first-order valence-corrected chi connectivity index (χ1v) is 17.1. The highest BCUT2D eigenvalue weighted by molar-refractivity contribution is 5.69. The van der Waals surface area contributed by atoms with E-state index >= 15 is 0 Å². The van der Waals surface area contributed by atoms with Gasteiger partial charge >= 0.3 is 5.97 Å². The number of hydrogen-bond acceptors (Lipinski definition) is 9. The molecule has 4 N–H and O–H groups in total. The number of aliphatic hydroxyl groups is 4. The summed E-state index contributed by atoms with van der Waals surface area (Å²) >= 11 is 0. The number of carbonyl (C=O) groups is 1. The summed E-state index contributed by atoms with van der Waals surface area (Å²) in [5.41, 5.74) is 0. The number of rotatable bonds is 27. The van der Waals surface area contributed by atoms with Crippen LogP contribution in [0.15, 0.2) is 36.5 Å². The Morgan fingerprint density at radius 1 is 0.750 bits per heavy atom. The van der Waals surface area contributed by atoms with Crippen LogP contribution < -0.4 is 0 Å². The van der Waals surface area contributed by atoms with E-state index in [0.29, 0.717) is 13.0 Å². The molecule has 1 rings (SSSR count). The van der Waals surface area contributed by atoms with E-state index in [0.717, 1.165) is 77.0 Å². The largest absolute Gasteiger partial charge is 0.457 e. The van der Waals surface area contributed by atoms with E-state index in [-0.39, 0.29) is 19.2 Å². The molecule has 9 heteroatoms. The monoisotopic (exact) mass is 626 g/mol. The van der Waals surface area contributed by atoms with Crippen molar-refractivity contribution in [2.24, 2.45) is 0 Å². The fourth-order valence-corrected chi connectivity index (χ4v) is 4.86. The Hall–Kier alpha value is -1.59. The lowest BCUT2D eigenvalue weighted by Crippen LogP contribution is -2.59. The van der Waals surface area contributed by atoms with Gasteiger partial charge in [-0.05, 0) is 44.9 Å². The lowest BCUT2D eigenvalue weighted by atomic mass is 9.99. The maximum Gasteiger partial charge on any atom is 0.306 e. The van der Waals surface area contributed by atoms with E-state index in [9.17, 15) is 25.2 Å². The number of ether oxygens (including phenoxy) is 4. The maximum absolute atomic E-state index is 12.5. The van der Waals surface area contributed by atoms with Gasteiger partial charge in [0, 0.05) is 13.0 Å². The van der Waals surface area contributed by atoms with Crippen molar-refractivity contribution < 1.29 is 44.2 Å². The van der Waals surface area contributed by atoms with Gasteiger partial charge in [0.2, 0.25) is 0 Å². The average Bonchev–Trinajstić information content (AvgIpc) is 3.02. The van der Waals surface area contributed by atoms with Crippen molar-refractivity contribution in [2.75, 3.05) is 26.4 Å². The van der Waals surface area contributed by atoms with E-state index in [1.165, 1.54) is 19.3 Å². The second-order valence-corrected chi connectivity index (χ2v) is 11.6. The summed E-state index contributed by atoms with van der Waals surface area (Å²) in [6.45, 7) is 4.29. The number of carbonyl (C=O) groups excluding carboxylic acids is 1. The molecule has 1 saturated heterocycles. The molecule has 6 unspecified atom stereocenters. The van der Waals surface area contributed by atoms with Crippen LogP contribution in [0.2, 0.25) is 0 Å². The minimum atomic E-state index is -1.53. The lowest BCUT2D eigenvalue weighted by Gasteiger charge is -2.39. The summed E-state index contributed by atoms with van der Waals surface area (Å²) in [6, 6.07) is 0. The second-order valence-electron chi connectivity index (χ2n) is 11.6. The minimum Gasteiger partial charge on any atom is -0.457 e. The zero-order chi connectivity index (χ0) is 32.3. The van der Waals surface area contributed by atoms with E-state index in [2.05, 4.69) is 50.3 Å². The van der Waals surface area contributed by atoms with Crippen LogP contribution in [0.1, 0.15) is 117 Å². The summed E-state index contributed by atoms with van der Waals surface area (Å²) in [5, 5.41) is 39.7. The molecule has 1 heterocycles. The Kier molecular flexibility index (Phi) is 25.5. The zero-order valence-electron chi connectivity index (χ0n) is 27.4. The standard InChI is InChI=1S/C35H62O9/c1-3-5-7-9-10-11-12-13-14-15-16-17-18-19-21-23-25-41-27-29(43-31(37)24-22-20-8-6-4-2)28-42-35-34(40)33(39)32(38)30(26-36)44-35/h5,7,10-11,13-14,29-30,32-36,38-40H,3-4,6,8-9,12,15-28H2,1-2H3/b7-5-,11-10-,14-13-. The molecule has 0 aromatic heterocycles. The molecule has 9 nitrogen and oxygen atoms in total. The Morgan fingerprint density at radius 3 is 2.09 bits per heavy atom. The molecule has 0 radical (unpaired) electrons. The molecule has 0 aromatic carbocycles. The highest BCUT2D eigenvalue weighted by Crippen LogP contribution is 2.22. The van der Waals surface area contributed by atoms with Crippen molar-refractivity contribution in [2.45, 2.75) is 153 Å². The van der Waals surface area contributed by atoms with Crippen LogP contribution in [0, 0.1) is 0 Å². The molecular formula is C35H62O9. The number of allylic oxidation sites excluding steroid dienone is 6. The summed E-state index contributed by atoms with van der Waals surface area (Å²) in [5.74, 6) is -0.335. The third-order valence-corrected chi connectivity index (χ3v) is 7.57. The van der Waals surface area contributed by atoms with Crippen LogP contribution >= 0.6 is 0 Å². The predicted molar refractivity (Wildman–Crippen MR) is 173 cm³/mol. The number of esters is 1. The van der Waals surface area contributed by atoms with Crippen LogP contribution in [0.3, 0.4) is 0 Å². The first kappa shape index (κ1) is 40.4. The van der Waals surface area contributed by atoms with Gasteiger partial charge in [-0.3, -0.25) is 4.79 Å². The summed E-state index contributed by atoms with van der Waals surface area (Å²) in [7, 11) is 0. The van der Waals surface area contributed by atoms with Gasteiger partial charge in [0.15, 0.2) is 6.29 Å². The topological polar surface area (TPSA) is 135 Å². The van der Waals surface area contributed by atoms with Crippen molar-refractivity contribution in [1.82, 2.24) is 0 Å². The zero-order valence-corrected chi connectivity index (χ0v) is 27.4. The Balaban J connectivity index is 2.30. The molecule has 6 atom stereocenters. The Labute approximate surface area is 266 Å². The molecule has 0 aromatic rings. The summed E-state index contributed by atoms with van der Waals surface area (Å²) < 4.78 is 22.5. The minimum absolute atomic E-state index is 0.120. The average molecular weight is 627 g/mol. The van der Waals surface area contributed by atoms with Crippen molar-refractivity contribution >= 4 is 5.97 Å². The van der Waals surface area contributed by atoms with Crippen molar-refractivity contribution in [3.05, 3.63) is 36.5 Å². The molecule has 44 heavy (non-hydrogen) atoms. The molecule has 0 amide bonds. The fourth-order valence-electron chi connectivity index (χ4n) is 4.86. The van der Waals surface area contributed by atoms with E-state index in [1.807, 2.05) is 0 Å². The highest BCUT2D eigenvalue weighted by Gasteiger charge is 2.44. The molecule has 1 aliphatic rings. The molecular weight excluding hydrogens is 564 g/mol. The Morgan fingerprint density at radius 2 is 1.39 bits per heavy atom. The lowest BCUT2D eigenvalue weighted by molar-refractivity contribution is -0.305. The van der Waals surface area contributed by atoms with Gasteiger partial charge in [0.05, 0.1) is 19.8 Å². The second kappa shape index (κ2) is 27.7. The van der Waals surface area contributed by atoms with Gasteiger partial charge in [-0.1, -0.05) is 102 Å². The quantitative estimate of drug-likeness (QED) is 0.0516. The molecule has 256 valence electrons. The normalized spacial score (nSPS) is 23.3. The third kappa shape index (κ3) is 19.7. The van der Waals surface area contributed by atoms with E-state index < -0.39 is 43.4 Å². The van der Waals surface area contributed by atoms with Gasteiger partial charge in [0.25, 0.3) is 0 Å². The molecule has 0 saturated carbocycles. The first-order valence-electron chi connectivity index (χ1n) is 17.1. The van der Waals surface area contributed by atoms with E-state index in [4.69, 9.17) is 18.9 Å². The summed E-state index contributed by atoms with van der Waals surface area (Å²) in [4.78, 5) is 12.5. The third-order valence-electron chi connectivity index (χ3n) is 7.57. The maximum atomic E-state index is 12.5. The van der Waals surface area contributed by atoms with Gasteiger partial charge < -0.3 is 39.4 Å². The van der Waals surface area contributed by atoms with Gasteiger partial charge in [0.1, 0.15) is 30.5 Å². The van der Waals surface area contributed by atoms with Gasteiger partial charge in [-0.15, -0.1) is 0 Å². The Bertz CT molecular complexity index is 767. The predicted octanol–water partition coefficient (Wildman–Crippen LogP) is 5.68. The molecule has 0 aliphatic carbocycles. The highest BCUT2D eigenvalue weighted by atomic mass is 16.7. The molecule has 0 bridgehead atoms. The number of unbranched alkanes of at least 4 members (excludes halogenated alkanes) is 10. The summed E-state index contributed by atoms with van der Waals surface area (Å²) in [6.07, 6.45) is 22.1. The fraction of sp³-hybridized carbons (Fsp3) is 0.800. The van der Waals surface area contributed by atoms with E-state index in [1.54, 1.807) is 0 Å². The number of hydrogen-bond donors (Lipinski definition) is 4. The van der Waals surface area contributed by atoms with Gasteiger partial charge in [-0.25, -0.2) is 0 Å². The van der Waals surface area contributed by atoms with Crippen molar-refractivity contribution in [3.63, 3.8) is 0 Å². The van der Waals surface area contributed by atoms with Gasteiger partial charge in [-0.2, -0.15) is 0 Å².